The van der Waals surface area contributed by atoms with E-state index in [4.69, 9.17) is 16.0 Å². The molecule has 3 rings (SSSR count). The van der Waals surface area contributed by atoms with Crippen molar-refractivity contribution in [1.29, 1.82) is 0 Å². The summed E-state index contributed by atoms with van der Waals surface area (Å²) < 4.78 is 5.55. The molecular formula is C15H10ClNO2S. The number of thioether (sulfide) groups is 1. The van der Waals surface area contributed by atoms with E-state index in [1.807, 2.05) is 18.2 Å². The Morgan fingerprint density at radius 3 is 2.80 bits per heavy atom. The molecule has 0 saturated carbocycles. The molecule has 0 unspecified atom stereocenters. The molecule has 0 N–H and O–H groups in total. The summed E-state index contributed by atoms with van der Waals surface area (Å²) in [7, 11) is 0. The number of carbonyl (C=O) groups excluding carboxylic acids is 1. The van der Waals surface area contributed by atoms with Crippen molar-refractivity contribution in [3.8, 4) is 0 Å². The molecule has 1 heterocycles. The number of carbonyl (C=O) groups is 1. The van der Waals surface area contributed by atoms with Gasteiger partial charge in [-0.05, 0) is 12.1 Å². The number of aromatic nitrogens is 1. The Bertz CT molecular complexity index is 755. The first-order valence-electron chi connectivity index (χ1n) is 5.99. The highest BCUT2D eigenvalue weighted by molar-refractivity contribution is 7.99. The number of fused-ring (bicyclic) bond motifs is 1. The van der Waals surface area contributed by atoms with Crippen LogP contribution in [0.1, 0.15) is 10.4 Å². The van der Waals surface area contributed by atoms with Crippen LogP contribution in [0.5, 0.6) is 0 Å². The lowest BCUT2D eigenvalue weighted by atomic mass is 10.2. The fraction of sp³-hybridized carbons (Fsp3) is 0.0667. The molecule has 1 aromatic heterocycles. The highest BCUT2D eigenvalue weighted by atomic mass is 35.5. The van der Waals surface area contributed by atoms with E-state index in [-0.39, 0.29) is 5.78 Å². The second-order valence-corrected chi connectivity index (χ2v) is 5.53. The van der Waals surface area contributed by atoms with Crippen molar-refractivity contribution in [2.45, 2.75) is 5.22 Å². The van der Waals surface area contributed by atoms with Gasteiger partial charge in [-0.2, -0.15) is 0 Å². The number of rotatable bonds is 4. The first kappa shape index (κ1) is 13.2. The molecule has 2 aromatic carbocycles. The Kier molecular flexibility index (Phi) is 3.76. The van der Waals surface area contributed by atoms with Crippen LogP contribution in [-0.2, 0) is 0 Å². The zero-order valence-corrected chi connectivity index (χ0v) is 11.9. The van der Waals surface area contributed by atoms with Crippen molar-refractivity contribution in [3.63, 3.8) is 0 Å². The fourth-order valence-corrected chi connectivity index (χ4v) is 2.67. The number of nitrogens with zero attached hydrogens (tertiary/aromatic N) is 1. The van der Waals surface area contributed by atoms with E-state index in [0.29, 0.717) is 27.1 Å². The normalized spacial score (nSPS) is 10.8. The number of halogens is 1. The van der Waals surface area contributed by atoms with Crippen LogP contribution in [0.3, 0.4) is 0 Å². The quantitative estimate of drug-likeness (QED) is 0.527. The van der Waals surface area contributed by atoms with E-state index >= 15 is 0 Å². The summed E-state index contributed by atoms with van der Waals surface area (Å²) in [4.78, 5) is 16.3. The van der Waals surface area contributed by atoms with Gasteiger partial charge >= 0.3 is 0 Å². The minimum atomic E-state index is 0.0517. The van der Waals surface area contributed by atoms with Gasteiger partial charge in [0.05, 0.1) is 5.75 Å². The van der Waals surface area contributed by atoms with E-state index in [1.165, 1.54) is 11.8 Å². The monoisotopic (exact) mass is 303 g/mol. The molecule has 0 aliphatic rings. The van der Waals surface area contributed by atoms with E-state index in [0.717, 1.165) is 5.52 Å². The maximum atomic E-state index is 12.0. The minimum absolute atomic E-state index is 0.0517. The third-order valence-electron chi connectivity index (χ3n) is 2.75. The van der Waals surface area contributed by atoms with Crippen LogP contribution in [0, 0.1) is 0 Å². The largest absolute Gasteiger partial charge is 0.431 e. The SMILES string of the molecule is O=C(CSc1nc2ccc(Cl)cc2o1)c1ccccc1. The first-order chi connectivity index (χ1) is 9.72. The van der Waals surface area contributed by atoms with Crippen LogP contribution in [0.15, 0.2) is 58.2 Å². The lowest BCUT2D eigenvalue weighted by Crippen LogP contribution is -2.01. The fourth-order valence-electron chi connectivity index (χ4n) is 1.77. The van der Waals surface area contributed by atoms with Gasteiger partial charge in [-0.1, -0.05) is 53.7 Å². The predicted octanol–water partition coefficient (Wildman–Crippen LogP) is 4.46. The summed E-state index contributed by atoms with van der Waals surface area (Å²) in [6.45, 7) is 0. The van der Waals surface area contributed by atoms with Gasteiger partial charge in [0.1, 0.15) is 5.52 Å². The van der Waals surface area contributed by atoms with Gasteiger partial charge in [0.25, 0.3) is 5.22 Å². The van der Waals surface area contributed by atoms with Crippen molar-refractivity contribution < 1.29 is 9.21 Å². The van der Waals surface area contributed by atoms with Gasteiger partial charge in [0, 0.05) is 16.7 Å². The number of benzene rings is 2. The predicted molar refractivity (Wildman–Crippen MR) is 80.5 cm³/mol. The average molecular weight is 304 g/mol. The maximum Gasteiger partial charge on any atom is 0.257 e. The Labute approximate surface area is 125 Å². The van der Waals surface area contributed by atoms with Gasteiger partial charge in [-0.15, -0.1) is 0 Å². The van der Waals surface area contributed by atoms with E-state index in [1.54, 1.807) is 30.3 Å². The summed E-state index contributed by atoms with van der Waals surface area (Å²) in [6.07, 6.45) is 0. The number of hydrogen-bond donors (Lipinski definition) is 0. The molecule has 0 aliphatic carbocycles. The van der Waals surface area contributed by atoms with Crippen LogP contribution in [0.25, 0.3) is 11.1 Å². The number of ketones is 1. The molecule has 5 heteroatoms. The lowest BCUT2D eigenvalue weighted by molar-refractivity contribution is 0.102. The van der Waals surface area contributed by atoms with Gasteiger partial charge < -0.3 is 4.42 Å². The highest BCUT2D eigenvalue weighted by Gasteiger charge is 2.10. The molecular weight excluding hydrogens is 294 g/mol. The van der Waals surface area contributed by atoms with E-state index in [2.05, 4.69) is 4.98 Å². The van der Waals surface area contributed by atoms with Crippen LogP contribution >= 0.6 is 23.4 Å². The van der Waals surface area contributed by atoms with Crippen molar-refractivity contribution in [1.82, 2.24) is 4.98 Å². The molecule has 20 heavy (non-hydrogen) atoms. The second kappa shape index (κ2) is 5.69. The Morgan fingerprint density at radius 2 is 2.00 bits per heavy atom. The maximum absolute atomic E-state index is 12.0. The average Bonchev–Trinajstić information content (AvgIpc) is 2.87. The van der Waals surface area contributed by atoms with Crippen molar-refractivity contribution >= 4 is 40.2 Å². The van der Waals surface area contributed by atoms with Gasteiger partial charge in [-0.25, -0.2) is 4.98 Å². The number of Topliss-reactive ketones (excluding diaryl/α,β-unsaturated/α-hetero) is 1. The summed E-state index contributed by atoms with van der Waals surface area (Å²) in [5.41, 5.74) is 2.07. The molecule has 0 bridgehead atoms. The molecule has 0 fully saturated rings. The molecule has 0 saturated heterocycles. The summed E-state index contributed by atoms with van der Waals surface area (Å²) in [5, 5.41) is 1.08. The zero-order valence-electron chi connectivity index (χ0n) is 10.4. The summed E-state index contributed by atoms with van der Waals surface area (Å²) >= 11 is 7.17. The zero-order chi connectivity index (χ0) is 13.9. The molecule has 0 radical (unpaired) electrons. The number of hydrogen-bond acceptors (Lipinski definition) is 4. The van der Waals surface area contributed by atoms with Crippen LogP contribution in [0.2, 0.25) is 5.02 Å². The Hall–Kier alpha value is -1.78. The molecule has 100 valence electrons. The second-order valence-electron chi connectivity index (χ2n) is 4.17. The highest BCUT2D eigenvalue weighted by Crippen LogP contribution is 2.26. The van der Waals surface area contributed by atoms with E-state index in [9.17, 15) is 4.79 Å². The molecule has 0 aliphatic heterocycles. The molecule has 0 spiro atoms. The molecule has 3 aromatic rings. The standard InChI is InChI=1S/C15H10ClNO2S/c16-11-6-7-12-14(8-11)19-15(17-12)20-9-13(18)10-4-2-1-3-5-10/h1-8H,9H2. The van der Waals surface area contributed by atoms with E-state index < -0.39 is 0 Å². The van der Waals surface area contributed by atoms with Crippen LogP contribution in [-0.4, -0.2) is 16.5 Å². The van der Waals surface area contributed by atoms with Gasteiger partial charge in [0.2, 0.25) is 0 Å². The van der Waals surface area contributed by atoms with Gasteiger partial charge in [-0.3, -0.25) is 4.79 Å². The van der Waals surface area contributed by atoms with Crippen LogP contribution < -0.4 is 0 Å². The topological polar surface area (TPSA) is 43.1 Å². The Morgan fingerprint density at radius 1 is 1.20 bits per heavy atom. The Balaban J connectivity index is 1.72. The third-order valence-corrected chi connectivity index (χ3v) is 3.82. The first-order valence-corrected chi connectivity index (χ1v) is 7.36. The lowest BCUT2D eigenvalue weighted by Gasteiger charge is -1.97. The molecule has 3 nitrogen and oxygen atoms in total. The summed E-state index contributed by atoms with van der Waals surface area (Å²) in [5.74, 6) is 0.348. The summed E-state index contributed by atoms with van der Waals surface area (Å²) in [6, 6.07) is 14.4. The third kappa shape index (κ3) is 2.86. The van der Waals surface area contributed by atoms with Crippen molar-refractivity contribution in [2.24, 2.45) is 0 Å². The smallest absolute Gasteiger partial charge is 0.257 e. The van der Waals surface area contributed by atoms with Crippen molar-refractivity contribution in [3.05, 3.63) is 59.1 Å². The van der Waals surface area contributed by atoms with Gasteiger partial charge in [0.15, 0.2) is 11.4 Å². The molecule has 0 atom stereocenters. The van der Waals surface area contributed by atoms with Crippen molar-refractivity contribution in [2.75, 3.05) is 5.75 Å². The van der Waals surface area contributed by atoms with Crippen LogP contribution in [0.4, 0.5) is 0 Å². The minimum Gasteiger partial charge on any atom is -0.431 e. The molecule has 0 amide bonds. The number of oxazole rings is 1.